The van der Waals surface area contributed by atoms with Crippen molar-refractivity contribution in [3.63, 3.8) is 0 Å². The third-order valence-corrected chi connectivity index (χ3v) is 3.04. The third kappa shape index (κ3) is 2.91. The first kappa shape index (κ1) is 12.9. The van der Waals surface area contributed by atoms with Crippen LogP contribution in [0, 0.1) is 0 Å². The Morgan fingerprint density at radius 2 is 2.07 bits per heavy atom. The zero-order valence-electron chi connectivity index (χ0n) is 10.3. The maximum atomic E-state index is 6.05. The smallest absolute Gasteiger partial charge is 0.161 e. The summed E-state index contributed by atoms with van der Waals surface area (Å²) in [6.45, 7) is 7.95. The Hall–Kier alpha value is -0.160. The van der Waals surface area contributed by atoms with E-state index in [2.05, 4.69) is 0 Å². The Morgan fingerprint density at radius 1 is 1.47 bits per heavy atom. The van der Waals surface area contributed by atoms with Crippen molar-refractivity contribution in [1.29, 1.82) is 0 Å². The van der Waals surface area contributed by atoms with Crippen LogP contribution >= 0.6 is 0 Å². The van der Waals surface area contributed by atoms with Crippen LogP contribution in [0.25, 0.3) is 0 Å². The normalized spacial score (nSPS) is 42.2. The molecule has 2 N–H and O–H groups in total. The summed E-state index contributed by atoms with van der Waals surface area (Å²) >= 11 is 0. The molecule has 1 saturated heterocycles. The fourth-order valence-electron chi connectivity index (χ4n) is 1.94. The fourth-order valence-corrected chi connectivity index (χ4v) is 1.94. The summed E-state index contributed by atoms with van der Waals surface area (Å²) in [6, 6.07) is -0.116. The van der Waals surface area contributed by atoms with Gasteiger partial charge in [0.15, 0.2) is 6.29 Å². The summed E-state index contributed by atoms with van der Waals surface area (Å²) < 4.78 is 16.8. The summed E-state index contributed by atoms with van der Waals surface area (Å²) in [5.41, 5.74) is 5.69. The average Bonchev–Trinajstić information content (AvgIpc) is 2.13. The minimum atomic E-state index is -0.364. The lowest BCUT2D eigenvalue weighted by Gasteiger charge is -2.45. The van der Waals surface area contributed by atoms with E-state index >= 15 is 0 Å². The van der Waals surface area contributed by atoms with Crippen LogP contribution < -0.4 is 5.73 Å². The van der Waals surface area contributed by atoms with Gasteiger partial charge in [-0.2, -0.15) is 0 Å². The van der Waals surface area contributed by atoms with E-state index in [1.165, 1.54) is 0 Å². The summed E-state index contributed by atoms with van der Waals surface area (Å²) in [6.07, 6.45) is 0.558. The van der Waals surface area contributed by atoms with Crippen LogP contribution in [-0.2, 0) is 14.2 Å². The molecule has 1 aliphatic rings. The predicted octanol–water partition coefficient (Wildman–Crippen LogP) is 1.28. The maximum absolute atomic E-state index is 6.05. The van der Waals surface area contributed by atoms with E-state index in [0.29, 0.717) is 6.42 Å². The molecule has 1 fully saturated rings. The van der Waals surface area contributed by atoms with Crippen LogP contribution in [0.2, 0.25) is 0 Å². The van der Waals surface area contributed by atoms with Gasteiger partial charge in [-0.1, -0.05) is 0 Å². The fraction of sp³-hybridized carbons (Fsp3) is 1.00. The monoisotopic (exact) mass is 217 g/mol. The van der Waals surface area contributed by atoms with Gasteiger partial charge in [-0.25, -0.2) is 0 Å². The Kier molecular flexibility index (Phi) is 4.12. The van der Waals surface area contributed by atoms with Gasteiger partial charge in [0.1, 0.15) is 0 Å². The summed E-state index contributed by atoms with van der Waals surface area (Å²) in [5.74, 6) is 0. The highest BCUT2D eigenvalue weighted by molar-refractivity contribution is 4.95. The predicted molar refractivity (Wildman–Crippen MR) is 58.6 cm³/mol. The van der Waals surface area contributed by atoms with Gasteiger partial charge >= 0.3 is 0 Å². The molecule has 1 heterocycles. The first-order valence-electron chi connectivity index (χ1n) is 5.50. The van der Waals surface area contributed by atoms with Crippen molar-refractivity contribution in [3.8, 4) is 0 Å². The molecule has 4 atom stereocenters. The second-order valence-corrected chi connectivity index (χ2v) is 4.70. The van der Waals surface area contributed by atoms with Crippen molar-refractivity contribution in [1.82, 2.24) is 0 Å². The van der Waals surface area contributed by atoms with Gasteiger partial charge in [-0.15, -0.1) is 0 Å². The molecule has 0 unspecified atom stereocenters. The van der Waals surface area contributed by atoms with Crippen molar-refractivity contribution in [2.24, 2.45) is 5.73 Å². The third-order valence-electron chi connectivity index (χ3n) is 3.04. The highest BCUT2D eigenvalue weighted by Crippen LogP contribution is 2.31. The molecule has 0 bridgehead atoms. The molecule has 0 aliphatic carbocycles. The standard InChI is InChI=1S/C11H23NO3/c1-7(2)14-9-6-11(4,13-5)10(12)8(3)15-9/h7-10H,6,12H2,1-5H3/t8-,9+,10-,11+/m0/s1. The number of hydrogen-bond acceptors (Lipinski definition) is 4. The zero-order chi connectivity index (χ0) is 11.6. The Balaban J connectivity index is 2.67. The lowest BCUT2D eigenvalue weighted by atomic mass is 9.87. The second kappa shape index (κ2) is 4.78. The van der Waals surface area contributed by atoms with E-state index in [1.807, 2.05) is 27.7 Å². The van der Waals surface area contributed by atoms with Gasteiger partial charge in [-0.05, 0) is 27.7 Å². The molecule has 1 rings (SSSR count). The molecule has 0 saturated carbocycles. The molecule has 0 aromatic carbocycles. The molecule has 90 valence electrons. The largest absolute Gasteiger partial charge is 0.377 e. The van der Waals surface area contributed by atoms with E-state index in [9.17, 15) is 0 Å². The van der Waals surface area contributed by atoms with E-state index in [0.717, 1.165) is 0 Å². The molecule has 15 heavy (non-hydrogen) atoms. The van der Waals surface area contributed by atoms with Gasteiger partial charge in [0.2, 0.25) is 0 Å². The molecule has 0 spiro atoms. The molecule has 0 amide bonds. The van der Waals surface area contributed by atoms with Crippen molar-refractivity contribution < 1.29 is 14.2 Å². The lowest BCUT2D eigenvalue weighted by Crippen LogP contribution is -2.60. The van der Waals surface area contributed by atoms with Crippen LogP contribution in [0.4, 0.5) is 0 Å². The number of ether oxygens (including phenoxy) is 3. The highest BCUT2D eigenvalue weighted by Gasteiger charge is 2.44. The Bertz CT molecular complexity index is 210. The maximum Gasteiger partial charge on any atom is 0.161 e. The lowest BCUT2D eigenvalue weighted by molar-refractivity contribution is -0.254. The minimum Gasteiger partial charge on any atom is -0.377 e. The highest BCUT2D eigenvalue weighted by atomic mass is 16.7. The molecule has 4 heteroatoms. The topological polar surface area (TPSA) is 53.7 Å². The molecular weight excluding hydrogens is 194 g/mol. The number of nitrogens with two attached hydrogens (primary N) is 1. The van der Waals surface area contributed by atoms with Crippen molar-refractivity contribution in [2.45, 2.75) is 64.3 Å². The molecule has 0 aromatic heterocycles. The van der Waals surface area contributed by atoms with Crippen molar-refractivity contribution in [3.05, 3.63) is 0 Å². The molecule has 1 aliphatic heterocycles. The summed E-state index contributed by atoms with van der Waals surface area (Å²) in [4.78, 5) is 0. The van der Waals surface area contributed by atoms with E-state index in [4.69, 9.17) is 19.9 Å². The molecule has 0 radical (unpaired) electrons. The van der Waals surface area contributed by atoms with Crippen LogP contribution in [0.3, 0.4) is 0 Å². The van der Waals surface area contributed by atoms with Gasteiger partial charge < -0.3 is 19.9 Å². The first-order valence-corrected chi connectivity index (χ1v) is 5.50. The van der Waals surface area contributed by atoms with Crippen LogP contribution in [0.5, 0.6) is 0 Å². The SMILES string of the molecule is CO[C@]1(C)C[C@H](OC(C)C)O[C@@H](C)[C@@H]1N. The van der Waals surface area contributed by atoms with Gasteiger partial charge in [0, 0.05) is 13.5 Å². The van der Waals surface area contributed by atoms with E-state index in [-0.39, 0.29) is 30.1 Å². The van der Waals surface area contributed by atoms with Crippen LogP contribution in [0.1, 0.15) is 34.1 Å². The number of hydrogen-bond donors (Lipinski definition) is 1. The minimum absolute atomic E-state index is 0.0487. The first-order chi connectivity index (χ1) is 6.89. The molecule has 0 aromatic rings. The van der Waals surface area contributed by atoms with Gasteiger partial charge in [0.25, 0.3) is 0 Å². The molecule has 4 nitrogen and oxygen atoms in total. The van der Waals surface area contributed by atoms with E-state index in [1.54, 1.807) is 7.11 Å². The van der Waals surface area contributed by atoms with E-state index < -0.39 is 0 Å². The second-order valence-electron chi connectivity index (χ2n) is 4.70. The summed E-state index contributed by atoms with van der Waals surface area (Å²) in [7, 11) is 1.68. The Morgan fingerprint density at radius 3 is 2.53 bits per heavy atom. The molecular formula is C11H23NO3. The number of methoxy groups -OCH3 is 1. The van der Waals surface area contributed by atoms with Crippen molar-refractivity contribution >= 4 is 0 Å². The average molecular weight is 217 g/mol. The summed E-state index contributed by atoms with van der Waals surface area (Å²) in [5, 5.41) is 0. The number of rotatable bonds is 3. The van der Waals surface area contributed by atoms with Crippen LogP contribution in [0.15, 0.2) is 0 Å². The van der Waals surface area contributed by atoms with Gasteiger partial charge in [0.05, 0.1) is 23.9 Å². The zero-order valence-corrected chi connectivity index (χ0v) is 10.3. The quantitative estimate of drug-likeness (QED) is 0.773. The van der Waals surface area contributed by atoms with Crippen molar-refractivity contribution in [2.75, 3.05) is 7.11 Å². The van der Waals surface area contributed by atoms with Gasteiger partial charge in [-0.3, -0.25) is 0 Å². The Labute approximate surface area is 92.1 Å². The van der Waals surface area contributed by atoms with Crippen LogP contribution in [-0.4, -0.2) is 37.3 Å².